The third kappa shape index (κ3) is 0.928. The van der Waals surface area contributed by atoms with Crippen LogP contribution < -0.4 is 0 Å². The van der Waals surface area contributed by atoms with Gasteiger partial charge in [0.15, 0.2) is 0 Å². The molecule has 2 heteroatoms. The van der Waals surface area contributed by atoms with E-state index in [2.05, 4.69) is 12.1 Å². The van der Waals surface area contributed by atoms with Gasteiger partial charge in [0.2, 0.25) is 0 Å². The molecule has 4 rings (SSSR count). The molecule has 0 spiro atoms. The summed E-state index contributed by atoms with van der Waals surface area (Å²) >= 11 is 0. The van der Waals surface area contributed by atoms with Crippen LogP contribution in [0.15, 0.2) is 30.3 Å². The Labute approximate surface area is 83.5 Å². The van der Waals surface area contributed by atoms with Crippen molar-refractivity contribution < 1.29 is 9.84 Å². The van der Waals surface area contributed by atoms with Crippen molar-refractivity contribution in [1.82, 2.24) is 0 Å². The van der Waals surface area contributed by atoms with Crippen molar-refractivity contribution in [3.05, 3.63) is 35.9 Å². The van der Waals surface area contributed by atoms with Crippen LogP contribution >= 0.6 is 0 Å². The second kappa shape index (κ2) is 2.59. The van der Waals surface area contributed by atoms with E-state index in [9.17, 15) is 5.11 Å². The first-order chi connectivity index (χ1) is 6.79. The molecule has 1 aliphatic carbocycles. The van der Waals surface area contributed by atoms with Gasteiger partial charge in [-0.15, -0.1) is 0 Å². The van der Waals surface area contributed by atoms with Crippen LogP contribution in [0.25, 0.3) is 0 Å². The van der Waals surface area contributed by atoms with Gasteiger partial charge in [-0.05, 0) is 18.4 Å². The van der Waals surface area contributed by atoms with E-state index < -0.39 is 0 Å². The second-order valence-electron chi connectivity index (χ2n) is 4.66. The molecule has 2 nitrogen and oxygen atoms in total. The summed E-state index contributed by atoms with van der Waals surface area (Å²) in [4.78, 5) is 0. The number of rotatable bonds is 2. The third-order valence-electron chi connectivity index (χ3n) is 3.61. The Morgan fingerprint density at radius 2 is 1.93 bits per heavy atom. The van der Waals surface area contributed by atoms with E-state index in [0.717, 1.165) is 19.4 Å². The Bertz CT molecular complexity index is 339. The molecule has 0 atom stereocenters. The molecule has 2 saturated heterocycles. The average molecular weight is 190 g/mol. The number of hydrogen-bond acceptors (Lipinski definition) is 2. The van der Waals surface area contributed by atoms with Crippen molar-refractivity contribution in [2.75, 3.05) is 13.2 Å². The fraction of sp³-hybridized carbons (Fsp3) is 0.500. The first-order valence-corrected chi connectivity index (χ1v) is 5.09. The minimum atomic E-state index is -0.0655. The van der Waals surface area contributed by atoms with Crippen molar-refractivity contribution in [3.8, 4) is 0 Å². The molecule has 1 N–H and O–H groups in total. The van der Waals surface area contributed by atoms with Crippen LogP contribution in [0.3, 0.4) is 0 Å². The maximum atomic E-state index is 9.24. The highest BCUT2D eigenvalue weighted by atomic mass is 16.5. The Balaban J connectivity index is 1.90. The summed E-state index contributed by atoms with van der Waals surface area (Å²) in [6, 6.07) is 10.3. The van der Waals surface area contributed by atoms with Crippen LogP contribution in [0.5, 0.6) is 0 Å². The Morgan fingerprint density at radius 3 is 2.50 bits per heavy atom. The van der Waals surface area contributed by atoms with Crippen LogP contribution in [-0.2, 0) is 10.3 Å². The van der Waals surface area contributed by atoms with Crippen molar-refractivity contribution in [3.63, 3.8) is 0 Å². The molecule has 14 heavy (non-hydrogen) atoms. The van der Waals surface area contributed by atoms with Crippen LogP contribution in [0.1, 0.15) is 18.4 Å². The van der Waals surface area contributed by atoms with E-state index in [-0.39, 0.29) is 17.6 Å². The lowest BCUT2D eigenvalue weighted by Gasteiger charge is -2.43. The van der Waals surface area contributed by atoms with Crippen molar-refractivity contribution in [1.29, 1.82) is 0 Å². The zero-order valence-corrected chi connectivity index (χ0v) is 8.07. The lowest BCUT2D eigenvalue weighted by atomic mass is 9.60. The molecule has 0 aromatic heterocycles. The zero-order chi connectivity index (χ0) is 9.65. The molecule has 0 amide bonds. The summed E-state index contributed by atoms with van der Waals surface area (Å²) in [5.74, 6) is 0. The Hall–Kier alpha value is -0.860. The van der Waals surface area contributed by atoms with E-state index in [4.69, 9.17) is 4.74 Å². The summed E-state index contributed by atoms with van der Waals surface area (Å²) in [5, 5.41) is 9.24. The SMILES string of the molecule is OCC12COC(c3ccccc3)(C1)C2. The summed E-state index contributed by atoms with van der Waals surface area (Å²) in [6.07, 6.45) is 1.97. The van der Waals surface area contributed by atoms with Gasteiger partial charge in [0.25, 0.3) is 0 Å². The Kier molecular flexibility index (Phi) is 1.56. The van der Waals surface area contributed by atoms with Gasteiger partial charge in [-0.3, -0.25) is 0 Å². The molecule has 0 radical (unpaired) electrons. The average Bonchev–Trinajstić information content (AvgIpc) is 2.74. The summed E-state index contributed by atoms with van der Waals surface area (Å²) in [6.45, 7) is 0.986. The fourth-order valence-electron chi connectivity index (χ4n) is 2.84. The van der Waals surface area contributed by atoms with Gasteiger partial charge >= 0.3 is 0 Å². The molecular formula is C12H14O2. The minimum Gasteiger partial charge on any atom is -0.396 e. The van der Waals surface area contributed by atoms with Gasteiger partial charge in [0.1, 0.15) is 0 Å². The lowest BCUT2D eigenvalue weighted by molar-refractivity contribution is -0.0332. The van der Waals surface area contributed by atoms with Crippen molar-refractivity contribution >= 4 is 0 Å². The number of fused-ring (bicyclic) bond motifs is 1. The molecule has 74 valence electrons. The molecule has 2 bridgehead atoms. The number of aliphatic hydroxyl groups excluding tert-OH is 1. The van der Waals surface area contributed by atoms with Crippen LogP contribution in [0, 0.1) is 5.41 Å². The quantitative estimate of drug-likeness (QED) is 0.769. The van der Waals surface area contributed by atoms with Gasteiger partial charge in [-0.1, -0.05) is 30.3 Å². The van der Waals surface area contributed by atoms with E-state index in [1.165, 1.54) is 5.56 Å². The van der Waals surface area contributed by atoms with Gasteiger partial charge < -0.3 is 9.84 Å². The molecule has 3 fully saturated rings. The maximum Gasteiger partial charge on any atom is 0.0945 e. The van der Waals surface area contributed by atoms with Crippen LogP contribution in [0.2, 0.25) is 0 Å². The van der Waals surface area contributed by atoms with Crippen molar-refractivity contribution in [2.24, 2.45) is 5.41 Å². The number of ether oxygens (including phenoxy) is 1. The standard InChI is InChI=1S/C12H14O2/c13-8-11-6-12(7-11,14-9-11)10-4-2-1-3-5-10/h1-5,13H,6-9H2. The van der Waals surface area contributed by atoms with E-state index in [0.29, 0.717) is 0 Å². The third-order valence-corrected chi connectivity index (χ3v) is 3.61. The molecular weight excluding hydrogens is 176 g/mol. The molecule has 1 aromatic rings. The fourth-order valence-corrected chi connectivity index (χ4v) is 2.84. The normalized spacial score (nSPS) is 39.5. The highest BCUT2D eigenvalue weighted by Gasteiger charge is 2.62. The van der Waals surface area contributed by atoms with Gasteiger partial charge in [0.05, 0.1) is 18.8 Å². The Morgan fingerprint density at radius 1 is 1.21 bits per heavy atom. The molecule has 2 heterocycles. The first-order valence-electron chi connectivity index (χ1n) is 5.09. The zero-order valence-electron chi connectivity index (χ0n) is 8.07. The molecule has 1 aromatic carbocycles. The van der Waals surface area contributed by atoms with Gasteiger partial charge in [-0.25, -0.2) is 0 Å². The van der Waals surface area contributed by atoms with Crippen molar-refractivity contribution in [2.45, 2.75) is 18.4 Å². The topological polar surface area (TPSA) is 29.5 Å². The van der Waals surface area contributed by atoms with E-state index in [1.807, 2.05) is 18.2 Å². The summed E-state index contributed by atoms with van der Waals surface area (Å²) < 4.78 is 5.83. The number of hydrogen-bond donors (Lipinski definition) is 1. The predicted octanol–water partition coefficient (Wildman–Crippen LogP) is 1.68. The van der Waals surface area contributed by atoms with E-state index >= 15 is 0 Å². The second-order valence-corrected chi connectivity index (χ2v) is 4.66. The molecule has 1 saturated carbocycles. The number of benzene rings is 1. The first kappa shape index (κ1) is 8.45. The predicted molar refractivity (Wildman–Crippen MR) is 52.8 cm³/mol. The summed E-state index contributed by atoms with van der Waals surface area (Å²) in [7, 11) is 0. The number of aliphatic hydroxyl groups is 1. The van der Waals surface area contributed by atoms with E-state index in [1.54, 1.807) is 0 Å². The largest absolute Gasteiger partial charge is 0.396 e. The lowest BCUT2D eigenvalue weighted by Crippen LogP contribution is -2.43. The molecule has 2 aliphatic heterocycles. The monoisotopic (exact) mass is 190 g/mol. The molecule has 0 unspecified atom stereocenters. The van der Waals surface area contributed by atoms with Crippen LogP contribution in [0.4, 0.5) is 0 Å². The smallest absolute Gasteiger partial charge is 0.0945 e. The minimum absolute atomic E-state index is 0.0655. The maximum absolute atomic E-state index is 9.24. The van der Waals surface area contributed by atoms with Gasteiger partial charge in [0, 0.05) is 5.41 Å². The summed E-state index contributed by atoms with van der Waals surface area (Å²) in [5.41, 5.74) is 1.28. The highest BCUT2D eigenvalue weighted by molar-refractivity contribution is 5.30. The highest BCUT2D eigenvalue weighted by Crippen LogP contribution is 2.62. The van der Waals surface area contributed by atoms with Gasteiger partial charge in [-0.2, -0.15) is 0 Å². The van der Waals surface area contributed by atoms with Crippen LogP contribution in [-0.4, -0.2) is 18.3 Å². The molecule has 3 aliphatic rings.